The normalized spacial score (nSPS) is 22.7. The average Bonchev–Trinajstić information content (AvgIpc) is 2.51. The van der Waals surface area contributed by atoms with Crippen molar-refractivity contribution in [2.24, 2.45) is 11.8 Å². The first-order valence-corrected chi connectivity index (χ1v) is 8.78. The molecule has 3 N–H and O–H groups in total. The van der Waals surface area contributed by atoms with Crippen molar-refractivity contribution in [3.05, 3.63) is 29.3 Å². The lowest BCUT2D eigenvalue weighted by molar-refractivity contribution is 0.0914. The van der Waals surface area contributed by atoms with Crippen LogP contribution >= 0.6 is 0 Å². The Morgan fingerprint density at radius 1 is 1.30 bits per heavy atom. The number of anilines is 1. The van der Waals surface area contributed by atoms with Crippen LogP contribution in [0.4, 0.5) is 5.69 Å². The van der Waals surface area contributed by atoms with Gasteiger partial charge < -0.3 is 16.0 Å². The summed E-state index contributed by atoms with van der Waals surface area (Å²) in [6, 6.07) is 6.50. The van der Waals surface area contributed by atoms with Gasteiger partial charge in [-0.05, 0) is 56.3 Å². The number of benzene rings is 1. The minimum Gasteiger partial charge on any atom is -0.382 e. The van der Waals surface area contributed by atoms with E-state index in [1.807, 2.05) is 19.1 Å². The molecule has 1 aliphatic heterocycles. The van der Waals surface area contributed by atoms with Crippen LogP contribution < -0.4 is 16.0 Å². The van der Waals surface area contributed by atoms with Crippen molar-refractivity contribution in [2.45, 2.75) is 53.1 Å². The van der Waals surface area contributed by atoms with E-state index >= 15 is 0 Å². The molecular formula is C19H31N3O. The monoisotopic (exact) mass is 317 g/mol. The fourth-order valence-corrected chi connectivity index (χ4v) is 2.88. The highest BCUT2D eigenvalue weighted by Crippen LogP contribution is 2.22. The summed E-state index contributed by atoms with van der Waals surface area (Å²) in [5.41, 5.74) is 2.84. The van der Waals surface area contributed by atoms with Crippen LogP contribution in [-0.2, 0) is 0 Å². The average molecular weight is 317 g/mol. The van der Waals surface area contributed by atoms with Gasteiger partial charge in [-0.15, -0.1) is 0 Å². The molecule has 1 amide bonds. The topological polar surface area (TPSA) is 53.2 Å². The van der Waals surface area contributed by atoms with Crippen LogP contribution in [0, 0.1) is 18.8 Å². The number of piperidine rings is 1. The molecule has 0 spiro atoms. The van der Waals surface area contributed by atoms with E-state index < -0.39 is 0 Å². The Labute approximate surface area is 140 Å². The van der Waals surface area contributed by atoms with Crippen molar-refractivity contribution in [1.29, 1.82) is 0 Å². The van der Waals surface area contributed by atoms with Crippen LogP contribution in [0.5, 0.6) is 0 Å². The zero-order chi connectivity index (χ0) is 17.0. The number of nitrogens with one attached hydrogen (secondary N) is 3. The summed E-state index contributed by atoms with van der Waals surface area (Å²) in [7, 11) is 0. The Hall–Kier alpha value is -1.55. The van der Waals surface area contributed by atoms with Gasteiger partial charge in [-0.3, -0.25) is 4.79 Å². The maximum absolute atomic E-state index is 12.7. The number of amides is 1. The summed E-state index contributed by atoms with van der Waals surface area (Å²) >= 11 is 0. The third-order valence-corrected chi connectivity index (χ3v) is 5.11. The molecule has 0 aliphatic carbocycles. The number of hydrogen-bond donors (Lipinski definition) is 3. The minimum atomic E-state index is 0.0314. The van der Waals surface area contributed by atoms with Crippen molar-refractivity contribution in [3.63, 3.8) is 0 Å². The second-order valence-electron chi connectivity index (χ2n) is 7.21. The van der Waals surface area contributed by atoms with Gasteiger partial charge >= 0.3 is 0 Å². The molecule has 0 radical (unpaired) electrons. The Balaban J connectivity index is 2.11. The van der Waals surface area contributed by atoms with E-state index in [4.69, 9.17) is 0 Å². The molecule has 0 aromatic heterocycles. The second-order valence-corrected chi connectivity index (χ2v) is 7.21. The molecule has 1 aromatic rings. The van der Waals surface area contributed by atoms with Gasteiger partial charge in [-0.2, -0.15) is 0 Å². The fraction of sp³-hybridized carbons (Fsp3) is 0.632. The van der Waals surface area contributed by atoms with E-state index in [9.17, 15) is 4.79 Å². The summed E-state index contributed by atoms with van der Waals surface area (Å²) in [6.07, 6.45) is 1.11. The molecule has 0 saturated carbocycles. The molecule has 128 valence electrons. The van der Waals surface area contributed by atoms with Gasteiger partial charge in [0.2, 0.25) is 0 Å². The maximum Gasteiger partial charge on any atom is 0.251 e. The first-order chi connectivity index (χ1) is 10.9. The molecule has 4 heteroatoms. The standard InChI is InChI=1S/C19H31N3O/c1-12(2)15(5)21-17-8-6-7-16(14(17)4)19(23)22-18-11-20-10-9-13(18)3/h6-8,12-13,15,18,20-21H,9-11H2,1-5H3,(H,22,23). The van der Waals surface area contributed by atoms with Gasteiger partial charge in [0.1, 0.15) is 0 Å². The third kappa shape index (κ3) is 4.47. The van der Waals surface area contributed by atoms with Crippen molar-refractivity contribution in [1.82, 2.24) is 10.6 Å². The maximum atomic E-state index is 12.7. The lowest BCUT2D eigenvalue weighted by atomic mass is 9.94. The summed E-state index contributed by atoms with van der Waals surface area (Å²) in [5, 5.41) is 10.1. The van der Waals surface area contributed by atoms with E-state index in [1.165, 1.54) is 0 Å². The zero-order valence-corrected chi connectivity index (χ0v) is 15.1. The minimum absolute atomic E-state index is 0.0314. The SMILES string of the molecule is Cc1c(NC(C)C(C)C)cccc1C(=O)NC1CNCCC1C. The highest BCUT2D eigenvalue weighted by atomic mass is 16.1. The van der Waals surface area contributed by atoms with Gasteiger partial charge in [0.15, 0.2) is 0 Å². The van der Waals surface area contributed by atoms with Gasteiger partial charge in [0, 0.05) is 29.9 Å². The summed E-state index contributed by atoms with van der Waals surface area (Å²) in [5.74, 6) is 1.09. The molecule has 23 heavy (non-hydrogen) atoms. The van der Waals surface area contributed by atoms with Gasteiger partial charge in [-0.1, -0.05) is 26.8 Å². The molecular weight excluding hydrogens is 286 g/mol. The number of rotatable bonds is 5. The molecule has 1 heterocycles. The van der Waals surface area contributed by atoms with E-state index in [0.717, 1.165) is 36.3 Å². The lowest BCUT2D eigenvalue weighted by Gasteiger charge is -2.30. The molecule has 3 atom stereocenters. The van der Waals surface area contributed by atoms with Crippen LogP contribution in [0.25, 0.3) is 0 Å². The smallest absolute Gasteiger partial charge is 0.251 e. The first-order valence-electron chi connectivity index (χ1n) is 8.78. The number of carbonyl (C=O) groups is 1. The Morgan fingerprint density at radius 2 is 2.04 bits per heavy atom. The molecule has 1 fully saturated rings. The van der Waals surface area contributed by atoms with Crippen LogP contribution in [0.2, 0.25) is 0 Å². The molecule has 2 rings (SSSR count). The van der Waals surface area contributed by atoms with E-state index in [2.05, 4.69) is 49.7 Å². The van der Waals surface area contributed by atoms with Crippen LogP contribution in [0.1, 0.15) is 50.0 Å². The number of hydrogen-bond acceptors (Lipinski definition) is 3. The Bertz CT molecular complexity index is 541. The van der Waals surface area contributed by atoms with Crippen molar-refractivity contribution < 1.29 is 4.79 Å². The Morgan fingerprint density at radius 3 is 2.70 bits per heavy atom. The highest BCUT2D eigenvalue weighted by Gasteiger charge is 2.24. The van der Waals surface area contributed by atoms with Gasteiger partial charge in [0.25, 0.3) is 5.91 Å². The summed E-state index contributed by atoms with van der Waals surface area (Å²) < 4.78 is 0. The molecule has 1 aromatic carbocycles. The van der Waals surface area contributed by atoms with Crippen LogP contribution in [0.3, 0.4) is 0 Å². The van der Waals surface area contributed by atoms with Crippen LogP contribution in [-0.4, -0.2) is 31.1 Å². The molecule has 4 nitrogen and oxygen atoms in total. The van der Waals surface area contributed by atoms with Crippen LogP contribution in [0.15, 0.2) is 18.2 Å². The Kier molecular flexibility index (Phi) is 6.05. The number of carbonyl (C=O) groups excluding carboxylic acids is 1. The first kappa shape index (κ1) is 17.8. The van der Waals surface area contributed by atoms with Crippen molar-refractivity contribution in [2.75, 3.05) is 18.4 Å². The van der Waals surface area contributed by atoms with E-state index in [1.54, 1.807) is 0 Å². The van der Waals surface area contributed by atoms with Gasteiger partial charge in [-0.25, -0.2) is 0 Å². The lowest BCUT2D eigenvalue weighted by Crippen LogP contribution is -2.50. The van der Waals surface area contributed by atoms with E-state index in [-0.39, 0.29) is 11.9 Å². The summed E-state index contributed by atoms with van der Waals surface area (Å²) in [6.45, 7) is 12.7. The molecule has 1 saturated heterocycles. The molecule has 1 aliphatic rings. The predicted molar refractivity (Wildman–Crippen MR) is 97.0 cm³/mol. The molecule has 3 unspecified atom stereocenters. The largest absolute Gasteiger partial charge is 0.382 e. The summed E-state index contributed by atoms with van der Waals surface area (Å²) in [4.78, 5) is 12.7. The third-order valence-electron chi connectivity index (χ3n) is 5.11. The van der Waals surface area contributed by atoms with Crippen molar-refractivity contribution in [3.8, 4) is 0 Å². The highest BCUT2D eigenvalue weighted by molar-refractivity contribution is 5.97. The van der Waals surface area contributed by atoms with Crippen molar-refractivity contribution >= 4 is 11.6 Å². The molecule has 0 bridgehead atoms. The zero-order valence-electron chi connectivity index (χ0n) is 15.1. The van der Waals surface area contributed by atoms with E-state index in [0.29, 0.717) is 17.9 Å². The fourth-order valence-electron chi connectivity index (χ4n) is 2.88. The second kappa shape index (κ2) is 7.82. The predicted octanol–water partition coefficient (Wildman–Crippen LogP) is 3.18. The van der Waals surface area contributed by atoms with Gasteiger partial charge in [0.05, 0.1) is 0 Å². The quantitative estimate of drug-likeness (QED) is 0.782.